The van der Waals surface area contributed by atoms with Gasteiger partial charge in [-0.1, -0.05) is 0 Å². The predicted octanol–water partition coefficient (Wildman–Crippen LogP) is -1.70. The van der Waals surface area contributed by atoms with Crippen molar-refractivity contribution in [2.24, 2.45) is 0 Å². The normalized spacial score (nSPS) is 11.7. The fourth-order valence-corrected chi connectivity index (χ4v) is 1.10. The minimum absolute atomic E-state index is 0.235. The van der Waals surface area contributed by atoms with Gasteiger partial charge >= 0.3 is 16.3 Å². The summed E-state index contributed by atoms with van der Waals surface area (Å²) in [5.74, 6) is -1.23. The molecule has 0 aromatic rings. The van der Waals surface area contributed by atoms with Crippen molar-refractivity contribution in [3.63, 3.8) is 0 Å². The lowest BCUT2D eigenvalue weighted by Crippen LogP contribution is -2.32. The van der Waals surface area contributed by atoms with Crippen LogP contribution in [0, 0.1) is 0 Å². The highest BCUT2D eigenvalue weighted by Crippen LogP contribution is 1.99. The maximum Gasteiger partial charge on any atom is 0.389 e. The first kappa shape index (κ1) is 12.3. The van der Waals surface area contributed by atoms with Gasteiger partial charge in [0.1, 0.15) is 13.3 Å². The second kappa shape index (κ2) is 5.12. The molecule has 0 saturated carbocycles. The van der Waals surface area contributed by atoms with Gasteiger partial charge in [-0.25, -0.2) is 4.79 Å². The number of ether oxygens (including phenoxy) is 1. The second-order valence-corrected chi connectivity index (χ2v) is 3.73. The van der Waals surface area contributed by atoms with Crippen LogP contribution in [0.25, 0.3) is 0 Å². The van der Waals surface area contributed by atoms with Gasteiger partial charge in [-0.2, -0.15) is 8.42 Å². The smallest absolute Gasteiger partial charge is 0.385 e. The van der Waals surface area contributed by atoms with Crippen LogP contribution in [0.3, 0.4) is 0 Å². The number of hydrogen-bond donors (Lipinski definition) is 1. The van der Waals surface area contributed by atoms with E-state index in [9.17, 15) is 13.2 Å². The predicted molar refractivity (Wildman–Crippen MR) is 41.7 cm³/mol. The van der Waals surface area contributed by atoms with E-state index in [1.165, 1.54) is 14.2 Å². The summed E-state index contributed by atoms with van der Waals surface area (Å²) < 4.78 is 31.1. The monoisotopic (exact) mass is 213 g/mol. The summed E-state index contributed by atoms with van der Waals surface area (Å²) in [6, 6.07) is 0. The van der Waals surface area contributed by atoms with Crippen LogP contribution >= 0.6 is 0 Å². The summed E-state index contributed by atoms with van der Waals surface area (Å²) in [6.07, 6.45) is 0. The standard InChI is InChI=1S/C5H11NO6S/c1-6(4-11-2)13(9,10)12-5(8)3-7/h7H,3-4H2,1-2H3. The highest BCUT2D eigenvalue weighted by atomic mass is 32.2. The Morgan fingerprint density at radius 2 is 2.08 bits per heavy atom. The molecule has 0 atom stereocenters. The molecular formula is C5H11NO6S. The van der Waals surface area contributed by atoms with Crippen molar-refractivity contribution in [3.8, 4) is 0 Å². The Morgan fingerprint density at radius 1 is 1.54 bits per heavy atom. The molecule has 0 saturated heterocycles. The summed E-state index contributed by atoms with van der Waals surface area (Å²) in [7, 11) is -1.67. The van der Waals surface area contributed by atoms with Crippen LogP contribution in [-0.4, -0.2) is 51.3 Å². The maximum atomic E-state index is 11.0. The quantitative estimate of drug-likeness (QED) is 0.547. The first-order chi connectivity index (χ1) is 5.94. The van der Waals surface area contributed by atoms with Crippen molar-refractivity contribution >= 4 is 16.3 Å². The fourth-order valence-electron chi connectivity index (χ4n) is 0.454. The van der Waals surface area contributed by atoms with Crippen LogP contribution in [0.2, 0.25) is 0 Å². The minimum Gasteiger partial charge on any atom is -0.385 e. The summed E-state index contributed by atoms with van der Waals surface area (Å²) in [6.45, 7) is -1.22. The van der Waals surface area contributed by atoms with Crippen LogP contribution in [0.1, 0.15) is 0 Å². The van der Waals surface area contributed by atoms with Crippen molar-refractivity contribution in [2.45, 2.75) is 0 Å². The SMILES string of the molecule is COCN(C)S(=O)(=O)OC(=O)CO. The zero-order valence-corrected chi connectivity index (χ0v) is 8.07. The average Bonchev–Trinajstić information content (AvgIpc) is 2.04. The molecule has 0 unspecified atom stereocenters. The average molecular weight is 213 g/mol. The zero-order chi connectivity index (χ0) is 10.5. The van der Waals surface area contributed by atoms with E-state index >= 15 is 0 Å². The van der Waals surface area contributed by atoms with Crippen LogP contribution in [0.15, 0.2) is 0 Å². The topological polar surface area (TPSA) is 93.1 Å². The molecule has 0 aliphatic heterocycles. The van der Waals surface area contributed by atoms with Crippen molar-refractivity contribution in [1.29, 1.82) is 0 Å². The number of carbonyl (C=O) groups is 1. The molecule has 1 N–H and O–H groups in total. The van der Waals surface area contributed by atoms with Crippen molar-refractivity contribution < 1.29 is 27.2 Å². The van der Waals surface area contributed by atoms with Gasteiger partial charge in [0.15, 0.2) is 0 Å². The van der Waals surface area contributed by atoms with Crippen molar-refractivity contribution in [1.82, 2.24) is 4.31 Å². The Balaban J connectivity index is 4.31. The Hall–Kier alpha value is -0.700. The summed E-state index contributed by atoms with van der Waals surface area (Å²) in [5, 5.41) is 8.22. The van der Waals surface area contributed by atoms with E-state index in [0.29, 0.717) is 4.31 Å². The van der Waals surface area contributed by atoms with Gasteiger partial charge in [0.05, 0.1) is 0 Å². The molecule has 0 aromatic carbocycles. The lowest BCUT2D eigenvalue weighted by molar-refractivity contribution is -0.137. The van der Waals surface area contributed by atoms with Crippen molar-refractivity contribution in [3.05, 3.63) is 0 Å². The number of rotatable bonds is 5. The molecule has 0 aromatic heterocycles. The van der Waals surface area contributed by atoms with Gasteiger partial charge in [0.25, 0.3) is 0 Å². The molecule has 7 nitrogen and oxygen atoms in total. The number of nitrogens with zero attached hydrogens (tertiary/aromatic N) is 1. The molecule has 0 aliphatic carbocycles. The van der Waals surface area contributed by atoms with Gasteiger partial charge in [0.2, 0.25) is 0 Å². The largest absolute Gasteiger partial charge is 0.389 e. The third-order valence-electron chi connectivity index (χ3n) is 1.02. The number of hydrogen-bond acceptors (Lipinski definition) is 6. The Kier molecular flexibility index (Phi) is 4.85. The first-order valence-corrected chi connectivity index (χ1v) is 4.59. The zero-order valence-electron chi connectivity index (χ0n) is 7.26. The Morgan fingerprint density at radius 3 is 2.46 bits per heavy atom. The highest BCUT2D eigenvalue weighted by Gasteiger charge is 2.22. The van der Waals surface area contributed by atoms with Gasteiger partial charge in [-0.3, -0.25) is 0 Å². The third-order valence-corrected chi connectivity index (χ3v) is 2.29. The molecule has 0 bridgehead atoms. The van der Waals surface area contributed by atoms with E-state index < -0.39 is 22.9 Å². The van der Waals surface area contributed by atoms with E-state index in [4.69, 9.17) is 5.11 Å². The van der Waals surface area contributed by atoms with E-state index in [1.807, 2.05) is 0 Å². The second-order valence-electron chi connectivity index (χ2n) is 2.09. The van der Waals surface area contributed by atoms with Crippen LogP contribution in [0.5, 0.6) is 0 Å². The maximum absolute atomic E-state index is 11.0. The van der Waals surface area contributed by atoms with Gasteiger partial charge in [-0.15, -0.1) is 4.31 Å². The first-order valence-electron chi connectivity index (χ1n) is 3.22. The lowest BCUT2D eigenvalue weighted by Gasteiger charge is -2.13. The van der Waals surface area contributed by atoms with Crippen LogP contribution in [0.4, 0.5) is 0 Å². The molecule has 0 heterocycles. The number of aliphatic hydroxyl groups excluding tert-OH is 1. The molecule has 0 spiro atoms. The van der Waals surface area contributed by atoms with Crippen LogP contribution in [-0.2, 0) is 24.0 Å². The molecule has 13 heavy (non-hydrogen) atoms. The molecule has 8 heteroatoms. The number of aliphatic hydroxyl groups is 1. The van der Waals surface area contributed by atoms with E-state index in [-0.39, 0.29) is 6.73 Å². The number of carbonyl (C=O) groups excluding carboxylic acids is 1. The van der Waals surface area contributed by atoms with Gasteiger partial charge in [-0.05, 0) is 0 Å². The van der Waals surface area contributed by atoms with E-state index in [1.54, 1.807) is 0 Å². The summed E-state index contributed by atoms with van der Waals surface area (Å²) in [5.41, 5.74) is 0. The molecule has 0 rings (SSSR count). The summed E-state index contributed by atoms with van der Waals surface area (Å²) in [4.78, 5) is 10.4. The Bertz CT molecular complexity index is 260. The fraction of sp³-hybridized carbons (Fsp3) is 0.800. The Labute approximate surface area is 76.1 Å². The molecule has 0 amide bonds. The minimum atomic E-state index is -4.13. The molecule has 0 fully saturated rings. The van der Waals surface area contributed by atoms with E-state index in [2.05, 4.69) is 8.92 Å². The van der Waals surface area contributed by atoms with Crippen molar-refractivity contribution in [2.75, 3.05) is 27.5 Å². The highest BCUT2D eigenvalue weighted by molar-refractivity contribution is 7.84. The van der Waals surface area contributed by atoms with E-state index in [0.717, 1.165) is 0 Å². The lowest BCUT2D eigenvalue weighted by atomic mass is 10.8. The summed E-state index contributed by atoms with van der Waals surface area (Å²) >= 11 is 0. The molecule has 0 radical (unpaired) electrons. The molecular weight excluding hydrogens is 202 g/mol. The molecule has 78 valence electrons. The van der Waals surface area contributed by atoms with Gasteiger partial charge in [0, 0.05) is 14.2 Å². The third kappa shape index (κ3) is 4.18. The van der Waals surface area contributed by atoms with Gasteiger partial charge < -0.3 is 14.0 Å². The molecule has 0 aliphatic rings. The number of methoxy groups -OCH3 is 1. The van der Waals surface area contributed by atoms with Crippen LogP contribution < -0.4 is 0 Å².